The van der Waals surface area contributed by atoms with Crippen LogP contribution in [0.1, 0.15) is 49.7 Å². The van der Waals surface area contributed by atoms with E-state index in [1.54, 1.807) is 12.4 Å². The predicted molar refractivity (Wildman–Crippen MR) is 157 cm³/mol. The lowest BCUT2D eigenvalue weighted by Gasteiger charge is -2.47. The molecule has 7 heterocycles. The van der Waals surface area contributed by atoms with Crippen molar-refractivity contribution in [2.24, 2.45) is 0 Å². The van der Waals surface area contributed by atoms with Crippen molar-refractivity contribution in [1.29, 1.82) is 0 Å². The van der Waals surface area contributed by atoms with Crippen LogP contribution in [0, 0.1) is 5.82 Å². The maximum atomic E-state index is 16.6. The average Bonchev–Trinajstić information content (AvgIpc) is 3.65. The standard InChI is InChI=1S/C32H35F2N7O2/c1-2-26(42)40-11-8-24-25(40)17-41(24)30-23-15-36-28(22-14-35-13-19-6-3-4-7-21(19)22)27(34)29(23)37-31(38-30)43-18-32-9-5-10-39(32)16-20(33)12-32/h2,13-15,20,24-25H,1,3-12,16-18H2/t20-,24-,25-,32+/m1/s1. The van der Waals surface area contributed by atoms with Gasteiger partial charge in [0.25, 0.3) is 0 Å². The minimum Gasteiger partial charge on any atom is -0.461 e. The number of carbonyl (C=O) groups is 1. The van der Waals surface area contributed by atoms with Crippen molar-refractivity contribution >= 4 is 22.6 Å². The van der Waals surface area contributed by atoms with Crippen molar-refractivity contribution in [3.05, 3.63) is 48.2 Å². The van der Waals surface area contributed by atoms with Gasteiger partial charge in [0.05, 0.1) is 23.0 Å². The first-order chi connectivity index (χ1) is 21.0. The van der Waals surface area contributed by atoms with Crippen molar-refractivity contribution in [3.8, 4) is 17.3 Å². The zero-order valence-corrected chi connectivity index (χ0v) is 24.1. The van der Waals surface area contributed by atoms with Crippen LogP contribution in [0.25, 0.3) is 22.2 Å². The van der Waals surface area contributed by atoms with Gasteiger partial charge in [0, 0.05) is 50.2 Å². The molecule has 8 rings (SSSR count). The van der Waals surface area contributed by atoms with Gasteiger partial charge in [-0.05, 0) is 68.7 Å². The Morgan fingerprint density at radius 2 is 2.00 bits per heavy atom. The number of nitrogens with zero attached hydrogens (tertiary/aromatic N) is 7. The average molecular weight is 588 g/mol. The van der Waals surface area contributed by atoms with Crippen LogP contribution in [0.15, 0.2) is 31.2 Å². The fraction of sp³-hybridized carbons (Fsp3) is 0.531. The van der Waals surface area contributed by atoms with Gasteiger partial charge in [0.2, 0.25) is 5.91 Å². The second-order valence-corrected chi connectivity index (χ2v) is 12.7. The van der Waals surface area contributed by atoms with E-state index in [0.717, 1.165) is 62.6 Å². The summed E-state index contributed by atoms with van der Waals surface area (Å²) < 4.78 is 37.3. The molecule has 5 aliphatic rings. The number of halogens is 2. The lowest BCUT2D eigenvalue weighted by molar-refractivity contribution is -0.127. The maximum Gasteiger partial charge on any atom is 0.319 e. The molecule has 0 bridgehead atoms. The molecule has 4 aliphatic heterocycles. The second-order valence-electron chi connectivity index (χ2n) is 12.7. The summed E-state index contributed by atoms with van der Waals surface area (Å²) in [5.74, 6) is -0.0519. The van der Waals surface area contributed by atoms with Crippen LogP contribution in [-0.4, -0.2) is 92.2 Å². The van der Waals surface area contributed by atoms with E-state index in [2.05, 4.69) is 31.3 Å². The van der Waals surface area contributed by atoms with Crippen molar-refractivity contribution in [2.75, 3.05) is 37.7 Å². The summed E-state index contributed by atoms with van der Waals surface area (Å²) in [6.07, 6.45) is 12.7. The molecule has 224 valence electrons. The van der Waals surface area contributed by atoms with Crippen LogP contribution in [0.2, 0.25) is 0 Å². The van der Waals surface area contributed by atoms with Gasteiger partial charge < -0.3 is 14.5 Å². The smallest absolute Gasteiger partial charge is 0.319 e. The quantitative estimate of drug-likeness (QED) is 0.400. The number of carbonyl (C=O) groups excluding carboxylic acids is 1. The van der Waals surface area contributed by atoms with Gasteiger partial charge in [-0.2, -0.15) is 9.97 Å². The van der Waals surface area contributed by atoms with Crippen LogP contribution in [0.3, 0.4) is 0 Å². The fourth-order valence-corrected chi connectivity index (χ4v) is 8.26. The highest BCUT2D eigenvalue weighted by molar-refractivity contribution is 5.93. The van der Waals surface area contributed by atoms with E-state index in [9.17, 15) is 9.18 Å². The summed E-state index contributed by atoms with van der Waals surface area (Å²) in [6, 6.07) is 0.175. The summed E-state index contributed by atoms with van der Waals surface area (Å²) in [4.78, 5) is 37.0. The molecular formula is C32H35F2N7O2. The topological polar surface area (TPSA) is 87.6 Å². The molecule has 4 atom stereocenters. The normalized spacial score (nSPS) is 28.0. The zero-order chi connectivity index (χ0) is 29.3. The predicted octanol–water partition coefficient (Wildman–Crippen LogP) is 4.04. The zero-order valence-electron chi connectivity index (χ0n) is 24.1. The van der Waals surface area contributed by atoms with Gasteiger partial charge in [-0.3, -0.25) is 19.7 Å². The van der Waals surface area contributed by atoms with E-state index in [0.29, 0.717) is 42.8 Å². The highest BCUT2D eigenvalue weighted by Gasteiger charge is 2.51. The van der Waals surface area contributed by atoms with Crippen LogP contribution in [-0.2, 0) is 17.6 Å². The van der Waals surface area contributed by atoms with Crippen molar-refractivity contribution in [1.82, 2.24) is 29.7 Å². The minimum atomic E-state index is -0.880. The first-order valence-corrected chi connectivity index (χ1v) is 15.5. The Labute approximate surface area is 249 Å². The Morgan fingerprint density at radius 1 is 1.12 bits per heavy atom. The lowest BCUT2D eigenvalue weighted by atomic mass is 9.89. The third kappa shape index (κ3) is 4.22. The van der Waals surface area contributed by atoms with Crippen molar-refractivity contribution in [3.63, 3.8) is 0 Å². The third-order valence-electron chi connectivity index (χ3n) is 10.4. The van der Waals surface area contributed by atoms with E-state index in [4.69, 9.17) is 9.72 Å². The largest absolute Gasteiger partial charge is 0.461 e. The number of aromatic nitrogens is 4. The van der Waals surface area contributed by atoms with Crippen LogP contribution >= 0.6 is 0 Å². The molecule has 0 aromatic carbocycles. The summed E-state index contributed by atoms with van der Waals surface area (Å²) in [5.41, 5.74) is 2.95. The lowest BCUT2D eigenvalue weighted by Crippen LogP contribution is -2.63. The molecule has 0 saturated carbocycles. The number of fused-ring (bicyclic) bond motifs is 4. The summed E-state index contributed by atoms with van der Waals surface area (Å²) in [7, 11) is 0. The second kappa shape index (κ2) is 10.2. The number of pyridine rings is 2. The minimum absolute atomic E-state index is 0.0461. The maximum absolute atomic E-state index is 16.6. The summed E-state index contributed by atoms with van der Waals surface area (Å²) in [6.45, 7) is 6.37. The highest BCUT2D eigenvalue weighted by atomic mass is 19.1. The number of alkyl halides is 1. The van der Waals surface area contributed by atoms with E-state index < -0.39 is 12.0 Å². The molecule has 0 radical (unpaired) electrons. The van der Waals surface area contributed by atoms with Crippen LogP contribution < -0.4 is 9.64 Å². The van der Waals surface area contributed by atoms with E-state index in [1.807, 2.05) is 11.1 Å². The number of aryl methyl sites for hydroxylation is 1. The Kier molecular flexibility index (Phi) is 6.36. The molecule has 1 aliphatic carbocycles. The number of rotatable bonds is 6. The van der Waals surface area contributed by atoms with Crippen molar-refractivity contribution in [2.45, 2.75) is 75.2 Å². The van der Waals surface area contributed by atoms with Gasteiger partial charge in [-0.15, -0.1) is 0 Å². The Bertz CT molecular complexity index is 1630. The first kappa shape index (κ1) is 26.9. The molecule has 3 aromatic rings. The molecule has 0 N–H and O–H groups in total. The monoisotopic (exact) mass is 587 g/mol. The molecule has 0 unspecified atom stereocenters. The van der Waals surface area contributed by atoms with Crippen LogP contribution in [0.4, 0.5) is 14.6 Å². The Morgan fingerprint density at radius 3 is 2.88 bits per heavy atom. The number of hydrogen-bond acceptors (Lipinski definition) is 8. The highest BCUT2D eigenvalue weighted by Crippen LogP contribution is 2.43. The summed E-state index contributed by atoms with van der Waals surface area (Å²) in [5, 5.41) is 0.503. The molecule has 4 saturated heterocycles. The van der Waals surface area contributed by atoms with Crippen molar-refractivity contribution < 1.29 is 18.3 Å². The van der Waals surface area contributed by atoms with E-state index in [-0.39, 0.29) is 47.4 Å². The SMILES string of the molecule is C=CC(=O)N1CC[C@@H]2[C@H]1CN2c1nc(OC[C@@]23CCCN2C[C@H](F)C3)nc2c(F)c(-c3cncc4c3CCCC4)ncc12. The molecule has 9 nitrogen and oxygen atoms in total. The Balaban J connectivity index is 1.20. The fourth-order valence-electron chi connectivity index (χ4n) is 8.26. The number of hydrogen-bond donors (Lipinski definition) is 0. The van der Waals surface area contributed by atoms with Crippen LogP contribution in [0.5, 0.6) is 6.01 Å². The number of likely N-dealkylation sites (tertiary alicyclic amines) is 1. The van der Waals surface area contributed by atoms with Gasteiger partial charge in [0.1, 0.15) is 29.8 Å². The number of amides is 1. The molecule has 43 heavy (non-hydrogen) atoms. The molecule has 11 heteroatoms. The van der Waals surface area contributed by atoms with E-state index in [1.165, 1.54) is 6.08 Å². The summed E-state index contributed by atoms with van der Waals surface area (Å²) >= 11 is 0. The Hall–Kier alpha value is -3.73. The molecule has 1 amide bonds. The third-order valence-corrected chi connectivity index (χ3v) is 10.4. The first-order valence-electron chi connectivity index (χ1n) is 15.5. The molecule has 4 fully saturated rings. The van der Waals surface area contributed by atoms with Gasteiger partial charge in [-0.25, -0.2) is 8.78 Å². The van der Waals surface area contributed by atoms with Gasteiger partial charge in [-0.1, -0.05) is 6.58 Å². The number of ether oxygens (including phenoxy) is 1. The molecular weight excluding hydrogens is 552 g/mol. The molecule has 3 aromatic heterocycles. The van der Waals surface area contributed by atoms with E-state index >= 15 is 4.39 Å². The van der Waals surface area contributed by atoms with Gasteiger partial charge in [0.15, 0.2) is 5.82 Å². The number of anilines is 1. The van der Waals surface area contributed by atoms with Gasteiger partial charge >= 0.3 is 6.01 Å². The molecule has 0 spiro atoms.